The number of likely N-dealkylation sites (tertiary alicyclic amines) is 1. The molecule has 0 saturated carbocycles. The number of carboxylic acids is 1. The molecule has 76 valence electrons. The van der Waals surface area contributed by atoms with Gasteiger partial charge in [-0.25, -0.2) is 0 Å². The summed E-state index contributed by atoms with van der Waals surface area (Å²) in [6.45, 7) is 3.98. The molecule has 1 aliphatic heterocycles. The fraction of sp³-hybridized carbons (Fsp3) is 0.900. The Kier molecular flexibility index (Phi) is 4.22. The molecule has 1 atom stereocenters. The van der Waals surface area contributed by atoms with E-state index < -0.39 is 5.97 Å². The van der Waals surface area contributed by atoms with Gasteiger partial charge in [0, 0.05) is 0 Å². The van der Waals surface area contributed by atoms with Crippen LogP contribution in [0.5, 0.6) is 0 Å². The number of carbonyl (C=O) groups is 1. The molecule has 0 amide bonds. The molecular weight excluding hydrogens is 166 g/mol. The molecule has 3 nitrogen and oxygen atoms in total. The highest BCUT2D eigenvalue weighted by Gasteiger charge is 2.25. The Morgan fingerprint density at radius 3 is 2.46 bits per heavy atom. The molecule has 1 heterocycles. The van der Waals surface area contributed by atoms with Gasteiger partial charge in [-0.3, -0.25) is 9.69 Å². The second kappa shape index (κ2) is 5.22. The highest BCUT2D eigenvalue weighted by atomic mass is 16.4. The van der Waals surface area contributed by atoms with Gasteiger partial charge in [-0.15, -0.1) is 0 Å². The second-order valence-corrected chi connectivity index (χ2v) is 3.74. The van der Waals surface area contributed by atoms with E-state index in [1.807, 2.05) is 6.92 Å². The summed E-state index contributed by atoms with van der Waals surface area (Å²) in [6, 6.07) is -0.231. The number of piperidine rings is 1. The normalized spacial score (nSPS) is 21.3. The van der Waals surface area contributed by atoms with Gasteiger partial charge in [0.2, 0.25) is 0 Å². The summed E-state index contributed by atoms with van der Waals surface area (Å²) >= 11 is 0. The molecule has 0 aromatic rings. The van der Waals surface area contributed by atoms with Crippen LogP contribution in [0.4, 0.5) is 0 Å². The van der Waals surface area contributed by atoms with Crippen LogP contribution in [-0.2, 0) is 4.79 Å². The minimum absolute atomic E-state index is 0.231. The lowest BCUT2D eigenvalue weighted by Crippen LogP contribution is -2.43. The standard InChI is InChI=1S/C10H19NO2/c1-2-6-9(10(12)13)11-7-4-3-5-8-11/h9H,2-8H2,1H3,(H,12,13)/t9-/m1/s1. The smallest absolute Gasteiger partial charge is 0.320 e. The summed E-state index contributed by atoms with van der Waals surface area (Å²) in [7, 11) is 0. The number of nitrogens with zero attached hydrogens (tertiary/aromatic N) is 1. The van der Waals surface area contributed by atoms with Crippen LogP contribution in [-0.4, -0.2) is 35.1 Å². The topological polar surface area (TPSA) is 40.5 Å². The minimum atomic E-state index is -0.649. The number of hydrogen-bond acceptors (Lipinski definition) is 2. The van der Waals surface area contributed by atoms with Crippen molar-refractivity contribution >= 4 is 5.97 Å². The maximum Gasteiger partial charge on any atom is 0.320 e. The van der Waals surface area contributed by atoms with Gasteiger partial charge in [0.15, 0.2) is 0 Å². The molecule has 0 spiro atoms. The quantitative estimate of drug-likeness (QED) is 0.725. The van der Waals surface area contributed by atoms with Gasteiger partial charge in [0.25, 0.3) is 0 Å². The summed E-state index contributed by atoms with van der Waals surface area (Å²) in [6.07, 6.45) is 5.32. The van der Waals surface area contributed by atoms with Gasteiger partial charge < -0.3 is 5.11 Å². The van der Waals surface area contributed by atoms with E-state index in [2.05, 4.69) is 4.90 Å². The van der Waals surface area contributed by atoms with E-state index in [9.17, 15) is 4.79 Å². The lowest BCUT2D eigenvalue weighted by Gasteiger charge is -2.31. The van der Waals surface area contributed by atoms with Gasteiger partial charge >= 0.3 is 5.97 Å². The van der Waals surface area contributed by atoms with Crippen molar-refractivity contribution in [3.8, 4) is 0 Å². The summed E-state index contributed by atoms with van der Waals surface area (Å²) in [5.41, 5.74) is 0. The second-order valence-electron chi connectivity index (χ2n) is 3.74. The van der Waals surface area contributed by atoms with Gasteiger partial charge in [-0.05, 0) is 32.4 Å². The predicted molar refractivity (Wildman–Crippen MR) is 51.8 cm³/mol. The highest BCUT2D eigenvalue weighted by molar-refractivity contribution is 5.73. The van der Waals surface area contributed by atoms with Crippen LogP contribution in [0.25, 0.3) is 0 Å². The van der Waals surface area contributed by atoms with Crippen molar-refractivity contribution in [3.05, 3.63) is 0 Å². The molecular formula is C10H19NO2. The van der Waals surface area contributed by atoms with Crippen LogP contribution >= 0.6 is 0 Å². The Balaban J connectivity index is 2.46. The molecule has 0 bridgehead atoms. The zero-order valence-electron chi connectivity index (χ0n) is 8.33. The van der Waals surface area contributed by atoms with Crippen LogP contribution in [0.15, 0.2) is 0 Å². The van der Waals surface area contributed by atoms with Gasteiger partial charge in [-0.2, -0.15) is 0 Å². The van der Waals surface area contributed by atoms with E-state index in [4.69, 9.17) is 5.11 Å². The van der Waals surface area contributed by atoms with Crippen LogP contribution < -0.4 is 0 Å². The first-order valence-corrected chi connectivity index (χ1v) is 5.22. The van der Waals surface area contributed by atoms with Gasteiger partial charge in [-0.1, -0.05) is 19.8 Å². The SMILES string of the molecule is CCC[C@H](C(=O)O)N1CCCCC1. The first-order chi connectivity index (χ1) is 6.25. The lowest BCUT2D eigenvalue weighted by molar-refractivity contribution is -0.144. The molecule has 1 aliphatic rings. The molecule has 0 aromatic heterocycles. The Bertz CT molecular complexity index is 164. The van der Waals surface area contributed by atoms with E-state index in [1.54, 1.807) is 0 Å². The Hall–Kier alpha value is -0.570. The molecule has 3 heteroatoms. The third kappa shape index (κ3) is 2.99. The maximum atomic E-state index is 10.9. The third-order valence-corrected chi connectivity index (χ3v) is 2.68. The molecule has 13 heavy (non-hydrogen) atoms. The maximum absolute atomic E-state index is 10.9. The average molecular weight is 185 g/mol. The number of rotatable bonds is 4. The third-order valence-electron chi connectivity index (χ3n) is 2.68. The zero-order valence-corrected chi connectivity index (χ0v) is 8.33. The molecule has 1 saturated heterocycles. The van der Waals surface area contributed by atoms with Crippen LogP contribution in [0.1, 0.15) is 39.0 Å². The zero-order chi connectivity index (χ0) is 9.68. The molecule has 1 N–H and O–H groups in total. The van der Waals surface area contributed by atoms with Crippen molar-refractivity contribution in [1.82, 2.24) is 4.90 Å². The van der Waals surface area contributed by atoms with E-state index >= 15 is 0 Å². The van der Waals surface area contributed by atoms with Crippen LogP contribution in [0.3, 0.4) is 0 Å². The molecule has 1 rings (SSSR count). The van der Waals surface area contributed by atoms with E-state index in [1.165, 1.54) is 6.42 Å². The summed E-state index contributed by atoms with van der Waals surface area (Å²) in [5.74, 6) is -0.649. The average Bonchev–Trinajstić information content (AvgIpc) is 2.15. The fourth-order valence-electron chi connectivity index (χ4n) is 1.97. The number of carboxylic acid groups (broad SMARTS) is 1. The summed E-state index contributed by atoms with van der Waals surface area (Å²) < 4.78 is 0. The largest absolute Gasteiger partial charge is 0.480 e. The number of hydrogen-bond donors (Lipinski definition) is 1. The first-order valence-electron chi connectivity index (χ1n) is 5.22. The molecule has 0 unspecified atom stereocenters. The Labute approximate surface area is 79.7 Å². The van der Waals surface area contributed by atoms with E-state index in [0.29, 0.717) is 0 Å². The van der Waals surface area contributed by atoms with Crippen molar-refractivity contribution in [2.75, 3.05) is 13.1 Å². The van der Waals surface area contributed by atoms with Gasteiger partial charge in [0.1, 0.15) is 6.04 Å². The molecule has 1 fully saturated rings. The van der Waals surface area contributed by atoms with Crippen LogP contribution in [0.2, 0.25) is 0 Å². The molecule has 0 radical (unpaired) electrons. The summed E-state index contributed by atoms with van der Waals surface area (Å²) in [5, 5.41) is 9.01. The van der Waals surface area contributed by atoms with Crippen molar-refractivity contribution in [1.29, 1.82) is 0 Å². The van der Waals surface area contributed by atoms with E-state index in [-0.39, 0.29) is 6.04 Å². The molecule has 0 aromatic carbocycles. The number of aliphatic carboxylic acids is 1. The lowest BCUT2D eigenvalue weighted by atomic mass is 10.1. The van der Waals surface area contributed by atoms with Crippen molar-refractivity contribution < 1.29 is 9.90 Å². The van der Waals surface area contributed by atoms with Crippen molar-refractivity contribution in [3.63, 3.8) is 0 Å². The predicted octanol–water partition coefficient (Wildman–Crippen LogP) is 1.73. The molecule has 0 aliphatic carbocycles. The fourth-order valence-corrected chi connectivity index (χ4v) is 1.97. The monoisotopic (exact) mass is 185 g/mol. The van der Waals surface area contributed by atoms with Gasteiger partial charge in [0.05, 0.1) is 0 Å². The van der Waals surface area contributed by atoms with Crippen LogP contribution in [0, 0.1) is 0 Å². The Morgan fingerprint density at radius 1 is 1.38 bits per heavy atom. The summed E-state index contributed by atoms with van der Waals surface area (Å²) in [4.78, 5) is 13.1. The minimum Gasteiger partial charge on any atom is -0.480 e. The first kappa shape index (κ1) is 10.5. The van der Waals surface area contributed by atoms with Crippen molar-refractivity contribution in [2.45, 2.75) is 45.1 Å². The highest BCUT2D eigenvalue weighted by Crippen LogP contribution is 2.15. The van der Waals surface area contributed by atoms with Crippen molar-refractivity contribution in [2.24, 2.45) is 0 Å². The van der Waals surface area contributed by atoms with E-state index in [0.717, 1.165) is 38.8 Å². The Morgan fingerprint density at radius 2 is 2.00 bits per heavy atom.